The second-order valence-corrected chi connectivity index (χ2v) is 6.78. The minimum absolute atomic E-state index is 0.122. The Balaban J connectivity index is 1.55. The van der Waals surface area contributed by atoms with Gasteiger partial charge < -0.3 is 14.8 Å². The van der Waals surface area contributed by atoms with Crippen LogP contribution in [0.4, 0.5) is 0 Å². The monoisotopic (exact) mass is 392 g/mol. The zero-order valence-corrected chi connectivity index (χ0v) is 16.5. The molecule has 0 saturated heterocycles. The number of hydrogen-bond acceptors (Lipinski definition) is 5. The molecule has 0 aliphatic carbocycles. The SMILES string of the molecule is CCOc1cccc(CN[C@H]2CNC(=O)c3cc(-c4cccc(OC)c4)nn32)c1. The number of rotatable bonds is 7. The van der Waals surface area contributed by atoms with Gasteiger partial charge in [0.05, 0.1) is 26.0 Å². The van der Waals surface area contributed by atoms with Gasteiger partial charge in [0.15, 0.2) is 0 Å². The van der Waals surface area contributed by atoms with Gasteiger partial charge >= 0.3 is 0 Å². The Labute approximate surface area is 169 Å². The van der Waals surface area contributed by atoms with Gasteiger partial charge in [-0.15, -0.1) is 0 Å². The van der Waals surface area contributed by atoms with Gasteiger partial charge in [-0.2, -0.15) is 5.10 Å². The molecule has 150 valence electrons. The lowest BCUT2D eigenvalue weighted by molar-refractivity contribution is 0.0900. The van der Waals surface area contributed by atoms with Crippen LogP contribution in [0.15, 0.2) is 54.6 Å². The number of methoxy groups -OCH3 is 1. The van der Waals surface area contributed by atoms with Crippen LogP contribution in [-0.4, -0.2) is 35.9 Å². The molecule has 0 saturated carbocycles. The predicted octanol–water partition coefficient (Wildman–Crippen LogP) is 2.99. The standard InChI is InChI=1S/C22H24N4O3/c1-3-29-18-9-4-6-15(10-18)13-23-21-14-24-22(27)20-12-19(25-26(20)21)16-7-5-8-17(11-16)28-2/h4-12,21,23H,3,13-14H2,1-2H3,(H,24,27)/t21-/m1/s1. The molecule has 7 heteroatoms. The van der Waals surface area contributed by atoms with E-state index in [1.807, 2.05) is 61.5 Å². The first-order chi connectivity index (χ1) is 14.2. The van der Waals surface area contributed by atoms with Crippen molar-refractivity contribution in [2.45, 2.75) is 19.6 Å². The summed E-state index contributed by atoms with van der Waals surface area (Å²) in [5.74, 6) is 1.48. The summed E-state index contributed by atoms with van der Waals surface area (Å²) < 4.78 is 12.6. The molecule has 29 heavy (non-hydrogen) atoms. The average Bonchev–Trinajstić information content (AvgIpc) is 3.21. The number of fused-ring (bicyclic) bond motifs is 1. The summed E-state index contributed by atoms with van der Waals surface area (Å²) in [6, 6.07) is 17.5. The van der Waals surface area contributed by atoms with Crippen molar-refractivity contribution in [2.75, 3.05) is 20.3 Å². The predicted molar refractivity (Wildman–Crippen MR) is 110 cm³/mol. The molecule has 0 unspecified atom stereocenters. The smallest absolute Gasteiger partial charge is 0.269 e. The Bertz CT molecular complexity index is 1010. The largest absolute Gasteiger partial charge is 0.497 e. The van der Waals surface area contributed by atoms with Gasteiger partial charge in [0.1, 0.15) is 23.4 Å². The van der Waals surface area contributed by atoms with Crippen LogP contribution in [-0.2, 0) is 6.54 Å². The summed E-state index contributed by atoms with van der Waals surface area (Å²) in [7, 11) is 1.63. The minimum Gasteiger partial charge on any atom is -0.497 e. The molecule has 0 radical (unpaired) electrons. The highest BCUT2D eigenvalue weighted by Gasteiger charge is 2.27. The molecule has 0 fully saturated rings. The Morgan fingerprint density at radius 2 is 2.00 bits per heavy atom. The maximum absolute atomic E-state index is 12.3. The highest BCUT2D eigenvalue weighted by Crippen LogP contribution is 2.26. The van der Waals surface area contributed by atoms with E-state index in [0.29, 0.717) is 25.4 Å². The second-order valence-electron chi connectivity index (χ2n) is 6.78. The number of amides is 1. The van der Waals surface area contributed by atoms with E-state index in [9.17, 15) is 4.79 Å². The van der Waals surface area contributed by atoms with Crippen molar-refractivity contribution in [1.29, 1.82) is 0 Å². The van der Waals surface area contributed by atoms with Gasteiger partial charge in [0, 0.05) is 12.1 Å². The van der Waals surface area contributed by atoms with E-state index in [2.05, 4.69) is 10.6 Å². The third-order valence-corrected chi connectivity index (χ3v) is 4.84. The highest BCUT2D eigenvalue weighted by molar-refractivity contribution is 5.94. The number of carbonyl (C=O) groups excluding carboxylic acids is 1. The Hall–Kier alpha value is -3.32. The van der Waals surface area contributed by atoms with Crippen molar-refractivity contribution in [2.24, 2.45) is 0 Å². The molecule has 0 bridgehead atoms. The molecule has 2 N–H and O–H groups in total. The molecule has 7 nitrogen and oxygen atoms in total. The first kappa shape index (κ1) is 19.0. The maximum Gasteiger partial charge on any atom is 0.269 e. The van der Waals surface area contributed by atoms with Crippen LogP contribution in [0.3, 0.4) is 0 Å². The lowest BCUT2D eigenvalue weighted by Gasteiger charge is -2.26. The Kier molecular flexibility index (Phi) is 5.48. The fraction of sp³-hybridized carbons (Fsp3) is 0.273. The van der Waals surface area contributed by atoms with Crippen LogP contribution < -0.4 is 20.1 Å². The van der Waals surface area contributed by atoms with Crippen molar-refractivity contribution in [3.8, 4) is 22.8 Å². The summed E-state index contributed by atoms with van der Waals surface area (Å²) in [4.78, 5) is 12.3. The van der Waals surface area contributed by atoms with E-state index in [1.54, 1.807) is 11.8 Å². The lowest BCUT2D eigenvalue weighted by atomic mass is 10.1. The van der Waals surface area contributed by atoms with E-state index in [-0.39, 0.29) is 12.1 Å². The molecule has 1 atom stereocenters. The quantitative estimate of drug-likeness (QED) is 0.646. The number of ether oxygens (including phenoxy) is 2. The van der Waals surface area contributed by atoms with E-state index in [0.717, 1.165) is 28.3 Å². The van der Waals surface area contributed by atoms with Crippen LogP contribution in [0.1, 0.15) is 29.1 Å². The van der Waals surface area contributed by atoms with E-state index < -0.39 is 0 Å². The number of nitrogens with zero attached hydrogens (tertiary/aromatic N) is 2. The van der Waals surface area contributed by atoms with Gasteiger partial charge in [0.2, 0.25) is 0 Å². The minimum atomic E-state index is -0.141. The van der Waals surface area contributed by atoms with Crippen LogP contribution in [0.2, 0.25) is 0 Å². The van der Waals surface area contributed by atoms with Gasteiger partial charge in [-0.1, -0.05) is 24.3 Å². The fourth-order valence-corrected chi connectivity index (χ4v) is 3.40. The van der Waals surface area contributed by atoms with E-state index in [4.69, 9.17) is 14.6 Å². The average molecular weight is 392 g/mol. The zero-order valence-electron chi connectivity index (χ0n) is 16.5. The van der Waals surface area contributed by atoms with Crippen molar-refractivity contribution in [1.82, 2.24) is 20.4 Å². The molecule has 1 aromatic heterocycles. The summed E-state index contributed by atoms with van der Waals surface area (Å²) >= 11 is 0. The number of carbonyl (C=O) groups is 1. The normalized spacial score (nSPS) is 15.5. The molecular weight excluding hydrogens is 368 g/mol. The highest BCUT2D eigenvalue weighted by atomic mass is 16.5. The number of benzene rings is 2. The summed E-state index contributed by atoms with van der Waals surface area (Å²) in [6.07, 6.45) is -0.141. The number of aromatic nitrogens is 2. The van der Waals surface area contributed by atoms with Crippen LogP contribution in [0.25, 0.3) is 11.3 Å². The first-order valence-electron chi connectivity index (χ1n) is 9.65. The van der Waals surface area contributed by atoms with Crippen LogP contribution >= 0.6 is 0 Å². The number of nitrogens with one attached hydrogen (secondary N) is 2. The molecule has 3 aromatic rings. The third kappa shape index (κ3) is 4.09. The Morgan fingerprint density at radius 3 is 2.83 bits per heavy atom. The Morgan fingerprint density at radius 1 is 1.17 bits per heavy atom. The molecular formula is C22H24N4O3. The maximum atomic E-state index is 12.3. The molecule has 0 spiro atoms. The van der Waals surface area contributed by atoms with Crippen molar-refractivity contribution in [3.05, 3.63) is 65.9 Å². The van der Waals surface area contributed by atoms with Gasteiger partial charge in [-0.25, -0.2) is 4.68 Å². The molecule has 1 aliphatic rings. The van der Waals surface area contributed by atoms with Crippen LogP contribution in [0, 0.1) is 0 Å². The molecule has 4 rings (SSSR count). The van der Waals surface area contributed by atoms with Gasteiger partial charge in [0.25, 0.3) is 5.91 Å². The van der Waals surface area contributed by atoms with Gasteiger partial charge in [-0.3, -0.25) is 10.1 Å². The summed E-state index contributed by atoms with van der Waals surface area (Å²) in [5.41, 5.74) is 3.28. The van der Waals surface area contributed by atoms with Gasteiger partial charge in [-0.05, 0) is 42.8 Å². The van der Waals surface area contributed by atoms with E-state index >= 15 is 0 Å². The molecule has 2 heterocycles. The summed E-state index contributed by atoms with van der Waals surface area (Å²) in [6.45, 7) is 3.70. The third-order valence-electron chi connectivity index (χ3n) is 4.84. The van der Waals surface area contributed by atoms with E-state index in [1.165, 1.54) is 0 Å². The zero-order chi connectivity index (χ0) is 20.2. The van der Waals surface area contributed by atoms with Crippen molar-refractivity contribution in [3.63, 3.8) is 0 Å². The molecule has 1 amide bonds. The second kappa shape index (κ2) is 8.36. The molecule has 1 aliphatic heterocycles. The van der Waals surface area contributed by atoms with Crippen molar-refractivity contribution < 1.29 is 14.3 Å². The fourth-order valence-electron chi connectivity index (χ4n) is 3.40. The summed E-state index contributed by atoms with van der Waals surface area (Å²) in [5, 5.41) is 11.1. The topological polar surface area (TPSA) is 77.4 Å². The van der Waals surface area contributed by atoms with Crippen LogP contribution in [0.5, 0.6) is 11.5 Å². The first-order valence-corrected chi connectivity index (χ1v) is 9.65. The molecule has 2 aromatic carbocycles. The lowest BCUT2D eigenvalue weighted by Crippen LogP contribution is -2.45. The number of hydrogen-bond donors (Lipinski definition) is 2. The van der Waals surface area contributed by atoms with Crippen molar-refractivity contribution >= 4 is 5.91 Å².